The molecule has 4 heteroatoms. The van der Waals surface area contributed by atoms with Crippen LogP contribution in [0.4, 0.5) is 0 Å². The zero-order chi connectivity index (χ0) is 16.8. The van der Waals surface area contributed by atoms with E-state index in [-0.39, 0.29) is 0 Å². The molecule has 1 aliphatic heterocycles. The number of benzene rings is 1. The van der Waals surface area contributed by atoms with Gasteiger partial charge in [-0.25, -0.2) is 0 Å². The van der Waals surface area contributed by atoms with Crippen LogP contribution in [0.15, 0.2) is 24.3 Å². The minimum absolute atomic E-state index is 0.348. The Kier molecular flexibility index (Phi) is 7.63. The van der Waals surface area contributed by atoms with Crippen molar-refractivity contribution in [1.82, 2.24) is 9.80 Å². The molecule has 2 atom stereocenters. The maximum absolute atomic E-state index is 6.22. The second kappa shape index (κ2) is 9.23. The Balaban J connectivity index is 1.87. The number of likely N-dealkylation sites (tertiary alicyclic amines) is 1. The van der Waals surface area contributed by atoms with E-state index in [2.05, 4.69) is 84.4 Å². The Morgan fingerprint density at radius 2 is 1.87 bits per heavy atom. The Labute approximate surface area is 155 Å². The molecule has 0 bridgehead atoms. The van der Waals surface area contributed by atoms with Gasteiger partial charge < -0.3 is 4.74 Å². The van der Waals surface area contributed by atoms with Gasteiger partial charge in [-0.3, -0.25) is 9.80 Å². The van der Waals surface area contributed by atoms with Gasteiger partial charge in [0.1, 0.15) is 11.9 Å². The standard InChI is InChI=1S/C19H31IN2O/c1-5-21(6-2)14-16-7-9-17(10-8-16)23-18-11-12-22(15(3)4)19(20)13-18/h7-10,15,18-19H,5-6,11-14H2,1-4H3. The maximum Gasteiger partial charge on any atom is 0.119 e. The summed E-state index contributed by atoms with van der Waals surface area (Å²) in [6.07, 6.45) is 2.58. The lowest BCUT2D eigenvalue weighted by atomic mass is 10.1. The maximum atomic E-state index is 6.22. The number of rotatable bonds is 7. The van der Waals surface area contributed by atoms with Gasteiger partial charge in [-0.15, -0.1) is 0 Å². The normalized spacial score (nSPS) is 22.7. The number of hydrogen-bond acceptors (Lipinski definition) is 3. The molecule has 0 spiro atoms. The summed E-state index contributed by atoms with van der Waals surface area (Å²) >= 11 is 2.56. The zero-order valence-corrected chi connectivity index (χ0v) is 17.1. The molecule has 2 rings (SSSR count). The van der Waals surface area contributed by atoms with Crippen LogP contribution in [0.1, 0.15) is 46.1 Å². The largest absolute Gasteiger partial charge is 0.490 e. The first-order valence-corrected chi connectivity index (χ1v) is 10.2. The molecule has 1 heterocycles. The van der Waals surface area contributed by atoms with Crippen LogP contribution in [0.3, 0.4) is 0 Å². The Bertz CT molecular complexity index is 459. The lowest BCUT2D eigenvalue weighted by Gasteiger charge is -2.39. The molecule has 3 nitrogen and oxygen atoms in total. The summed E-state index contributed by atoms with van der Waals surface area (Å²) in [5.41, 5.74) is 1.36. The van der Waals surface area contributed by atoms with Gasteiger partial charge in [0.05, 0.1) is 4.05 Å². The van der Waals surface area contributed by atoms with E-state index in [1.54, 1.807) is 0 Å². The number of nitrogens with zero attached hydrogens (tertiary/aromatic N) is 2. The lowest BCUT2D eigenvalue weighted by Crippen LogP contribution is -2.46. The van der Waals surface area contributed by atoms with Crippen molar-refractivity contribution in [3.05, 3.63) is 29.8 Å². The summed E-state index contributed by atoms with van der Waals surface area (Å²) in [4.78, 5) is 4.99. The van der Waals surface area contributed by atoms with E-state index in [0.717, 1.165) is 44.8 Å². The molecule has 1 aromatic rings. The summed E-state index contributed by atoms with van der Waals surface area (Å²) < 4.78 is 6.80. The third-order valence-electron chi connectivity index (χ3n) is 4.72. The highest BCUT2D eigenvalue weighted by molar-refractivity contribution is 14.1. The first-order chi connectivity index (χ1) is 11.0. The van der Waals surface area contributed by atoms with Gasteiger partial charge in [0.25, 0.3) is 0 Å². The SMILES string of the molecule is CCN(CC)Cc1ccc(OC2CCN(C(C)C)C(I)C2)cc1. The van der Waals surface area contributed by atoms with Crippen LogP contribution >= 0.6 is 22.6 Å². The molecule has 0 amide bonds. The first kappa shape index (κ1) is 19.0. The average molecular weight is 430 g/mol. The van der Waals surface area contributed by atoms with E-state index in [9.17, 15) is 0 Å². The predicted molar refractivity (Wildman–Crippen MR) is 106 cm³/mol. The number of alkyl halides is 1. The monoisotopic (exact) mass is 430 g/mol. The molecule has 1 aromatic carbocycles. The molecule has 0 radical (unpaired) electrons. The highest BCUT2D eigenvalue weighted by atomic mass is 127. The van der Waals surface area contributed by atoms with Gasteiger partial charge in [0, 0.05) is 25.6 Å². The Hall–Kier alpha value is -0.330. The zero-order valence-electron chi connectivity index (χ0n) is 15.0. The van der Waals surface area contributed by atoms with E-state index < -0.39 is 0 Å². The van der Waals surface area contributed by atoms with E-state index >= 15 is 0 Å². The molecule has 2 unspecified atom stereocenters. The highest BCUT2D eigenvalue weighted by Gasteiger charge is 2.29. The van der Waals surface area contributed by atoms with E-state index in [4.69, 9.17) is 4.74 Å². The summed E-state index contributed by atoms with van der Waals surface area (Å²) in [5.74, 6) is 1.01. The number of halogens is 1. The van der Waals surface area contributed by atoms with Gasteiger partial charge in [-0.05, 0) is 51.1 Å². The summed E-state index contributed by atoms with van der Waals surface area (Å²) in [6.45, 7) is 13.3. The fourth-order valence-electron chi connectivity index (χ4n) is 3.16. The summed E-state index contributed by atoms with van der Waals surface area (Å²) in [7, 11) is 0. The molecule has 0 aliphatic carbocycles. The smallest absolute Gasteiger partial charge is 0.119 e. The van der Waals surface area contributed by atoms with Crippen molar-refractivity contribution in [3.63, 3.8) is 0 Å². The molecule has 0 N–H and O–H groups in total. The van der Waals surface area contributed by atoms with Gasteiger partial charge in [0.15, 0.2) is 0 Å². The molecule has 0 aromatic heterocycles. The fraction of sp³-hybridized carbons (Fsp3) is 0.684. The minimum atomic E-state index is 0.348. The van der Waals surface area contributed by atoms with Crippen LogP contribution < -0.4 is 4.74 Å². The molecular formula is C19H31IN2O. The topological polar surface area (TPSA) is 15.7 Å². The quantitative estimate of drug-likeness (QED) is 0.359. The fourth-order valence-corrected chi connectivity index (χ4v) is 4.65. The van der Waals surface area contributed by atoms with Crippen LogP contribution in [-0.4, -0.2) is 45.6 Å². The summed E-state index contributed by atoms with van der Waals surface area (Å²) in [6, 6.07) is 9.31. The van der Waals surface area contributed by atoms with Crippen LogP contribution in [0, 0.1) is 0 Å². The minimum Gasteiger partial charge on any atom is -0.490 e. The number of ether oxygens (including phenoxy) is 1. The Morgan fingerprint density at radius 1 is 1.22 bits per heavy atom. The number of piperidine rings is 1. The van der Waals surface area contributed by atoms with Gasteiger partial charge >= 0.3 is 0 Å². The molecule has 1 saturated heterocycles. The van der Waals surface area contributed by atoms with Gasteiger partial charge in [-0.2, -0.15) is 0 Å². The van der Waals surface area contributed by atoms with Crippen LogP contribution in [-0.2, 0) is 6.54 Å². The second-order valence-electron chi connectivity index (χ2n) is 6.64. The van der Waals surface area contributed by atoms with Crippen LogP contribution in [0.2, 0.25) is 0 Å². The van der Waals surface area contributed by atoms with Gasteiger partial charge in [0.2, 0.25) is 0 Å². The van der Waals surface area contributed by atoms with Crippen molar-refractivity contribution in [1.29, 1.82) is 0 Å². The predicted octanol–water partition coefficient (Wildman–Crippen LogP) is 4.54. The van der Waals surface area contributed by atoms with Crippen LogP contribution in [0.5, 0.6) is 5.75 Å². The van der Waals surface area contributed by atoms with Crippen molar-refractivity contribution in [2.45, 2.75) is 63.3 Å². The van der Waals surface area contributed by atoms with E-state index in [1.807, 2.05) is 0 Å². The molecular weight excluding hydrogens is 399 g/mol. The third kappa shape index (κ3) is 5.61. The van der Waals surface area contributed by atoms with Crippen molar-refractivity contribution in [2.75, 3.05) is 19.6 Å². The first-order valence-electron chi connectivity index (χ1n) is 8.91. The van der Waals surface area contributed by atoms with Crippen molar-refractivity contribution >= 4 is 22.6 Å². The van der Waals surface area contributed by atoms with Crippen molar-refractivity contribution < 1.29 is 4.74 Å². The average Bonchev–Trinajstić information content (AvgIpc) is 2.54. The van der Waals surface area contributed by atoms with E-state index in [0.29, 0.717) is 16.2 Å². The van der Waals surface area contributed by atoms with Gasteiger partial charge in [-0.1, -0.05) is 48.6 Å². The van der Waals surface area contributed by atoms with E-state index in [1.165, 1.54) is 5.56 Å². The Morgan fingerprint density at radius 3 is 2.39 bits per heavy atom. The van der Waals surface area contributed by atoms with Crippen LogP contribution in [0.25, 0.3) is 0 Å². The lowest BCUT2D eigenvalue weighted by molar-refractivity contribution is 0.0771. The molecule has 1 fully saturated rings. The molecule has 23 heavy (non-hydrogen) atoms. The number of hydrogen-bond donors (Lipinski definition) is 0. The molecule has 0 saturated carbocycles. The molecule has 130 valence electrons. The third-order valence-corrected chi connectivity index (χ3v) is 5.94. The second-order valence-corrected chi connectivity index (χ2v) is 8.07. The highest BCUT2D eigenvalue weighted by Crippen LogP contribution is 2.27. The van der Waals surface area contributed by atoms with Crippen molar-refractivity contribution in [2.24, 2.45) is 0 Å². The molecule has 1 aliphatic rings. The summed E-state index contributed by atoms with van der Waals surface area (Å²) in [5, 5.41) is 0. The van der Waals surface area contributed by atoms with Crippen molar-refractivity contribution in [3.8, 4) is 5.75 Å².